The molecule has 0 radical (unpaired) electrons. The first kappa shape index (κ1) is 18.5. The van der Waals surface area contributed by atoms with Crippen LogP contribution < -0.4 is 4.74 Å². The summed E-state index contributed by atoms with van der Waals surface area (Å²) in [5.41, 5.74) is 4.69. The van der Waals surface area contributed by atoms with Crippen molar-refractivity contribution in [2.24, 2.45) is 0 Å². The average molecular weight is 425 g/mol. The first-order valence-electron chi connectivity index (χ1n) is 10.3. The van der Waals surface area contributed by atoms with Crippen LogP contribution in [0.15, 0.2) is 59.4 Å². The maximum atomic E-state index is 5.97. The summed E-state index contributed by atoms with van der Waals surface area (Å²) in [5.74, 6) is 3.25. The summed E-state index contributed by atoms with van der Waals surface area (Å²) < 4.78 is 15.3. The fraction of sp³-hybridized carbons (Fsp3) is 0.174. The van der Waals surface area contributed by atoms with Gasteiger partial charge in [-0.25, -0.2) is 4.98 Å². The molecule has 0 N–H and O–H groups in total. The molecule has 0 saturated carbocycles. The van der Waals surface area contributed by atoms with E-state index in [0.717, 1.165) is 39.9 Å². The summed E-state index contributed by atoms with van der Waals surface area (Å²) in [5, 5.41) is 13.1. The number of fused-ring (bicyclic) bond motifs is 5. The minimum atomic E-state index is 0.295. The highest BCUT2D eigenvalue weighted by Crippen LogP contribution is 2.35. The van der Waals surface area contributed by atoms with Crippen LogP contribution in [0.1, 0.15) is 23.0 Å². The zero-order valence-electron chi connectivity index (χ0n) is 17.6. The molecular formula is C23H19N7O2. The maximum Gasteiger partial charge on any atom is 0.223 e. The number of rotatable bonds is 4. The van der Waals surface area contributed by atoms with Gasteiger partial charge in [0.25, 0.3) is 0 Å². The third-order valence-corrected chi connectivity index (χ3v) is 5.50. The van der Waals surface area contributed by atoms with Crippen molar-refractivity contribution in [1.82, 2.24) is 34.5 Å². The number of hydrogen-bond donors (Lipinski definition) is 0. The van der Waals surface area contributed by atoms with Gasteiger partial charge in [-0.15, -0.1) is 10.2 Å². The third kappa shape index (κ3) is 2.97. The zero-order valence-corrected chi connectivity index (χ0v) is 17.6. The van der Waals surface area contributed by atoms with Crippen LogP contribution in [0.5, 0.6) is 5.75 Å². The van der Waals surface area contributed by atoms with E-state index in [2.05, 4.69) is 59.6 Å². The number of aryl methyl sites for hydroxylation is 2. The molecule has 0 saturated heterocycles. The molecule has 6 rings (SSSR count). The number of hydrogen-bond acceptors (Lipinski definition) is 7. The Morgan fingerprint density at radius 1 is 1.06 bits per heavy atom. The summed E-state index contributed by atoms with van der Waals surface area (Å²) in [4.78, 5) is 9.00. The molecule has 5 aromatic rings. The number of benzene rings is 2. The lowest BCUT2D eigenvalue weighted by Crippen LogP contribution is -2.10. The van der Waals surface area contributed by atoms with Gasteiger partial charge in [-0.05, 0) is 31.2 Å². The number of aromatic nitrogens is 7. The number of para-hydroxylation sites is 1. The smallest absolute Gasteiger partial charge is 0.223 e. The molecule has 3 aromatic heterocycles. The highest BCUT2D eigenvalue weighted by Gasteiger charge is 2.28. The van der Waals surface area contributed by atoms with Gasteiger partial charge < -0.3 is 13.8 Å². The zero-order chi connectivity index (χ0) is 21.7. The van der Waals surface area contributed by atoms with E-state index in [1.165, 1.54) is 0 Å². The molecular weight excluding hydrogens is 406 g/mol. The molecule has 4 heterocycles. The number of ether oxygens (including phenoxy) is 1. The second-order valence-electron chi connectivity index (χ2n) is 7.70. The van der Waals surface area contributed by atoms with Gasteiger partial charge in [0.05, 0.1) is 17.9 Å². The molecule has 0 unspecified atom stereocenters. The van der Waals surface area contributed by atoms with E-state index in [4.69, 9.17) is 9.26 Å². The molecule has 0 atom stereocenters. The average Bonchev–Trinajstić information content (AvgIpc) is 3.50. The maximum absolute atomic E-state index is 5.97. The van der Waals surface area contributed by atoms with E-state index in [9.17, 15) is 0 Å². The standard InChI is InChI=1S/C23H19N7O2/c1-14-8-9-18-17(10-14)23-27-26-20(12-31-16-6-4-3-5-7-16)29(23)11-19-21(24-13-30(18)19)22-25-15(2)32-28-22/h3-10,13H,11-12H2,1-2H3. The van der Waals surface area contributed by atoms with Crippen molar-refractivity contribution in [3.05, 3.63) is 77.8 Å². The predicted octanol–water partition coefficient (Wildman–Crippen LogP) is 3.74. The highest BCUT2D eigenvalue weighted by molar-refractivity contribution is 5.71. The summed E-state index contributed by atoms with van der Waals surface area (Å²) in [6.45, 7) is 4.61. The second-order valence-corrected chi connectivity index (χ2v) is 7.70. The van der Waals surface area contributed by atoms with Crippen molar-refractivity contribution in [3.8, 4) is 34.3 Å². The van der Waals surface area contributed by atoms with Gasteiger partial charge in [0.1, 0.15) is 24.4 Å². The summed E-state index contributed by atoms with van der Waals surface area (Å²) in [6, 6.07) is 15.9. The normalized spacial score (nSPS) is 12.1. The van der Waals surface area contributed by atoms with Crippen LogP contribution >= 0.6 is 0 Å². The van der Waals surface area contributed by atoms with Crippen LogP contribution in [0, 0.1) is 13.8 Å². The Kier molecular flexibility index (Phi) is 4.14. The Morgan fingerprint density at radius 3 is 2.75 bits per heavy atom. The van der Waals surface area contributed by atoms with Crippen molar-refractivity contribution < 1.29 is 9.26 Å². The molecule has 0 amide bonds. The van der Waals surface area contributed by atoms with Crippen molar-refractivity contribution in [1.29, 1.82) is 0 Å². The molecule has 1 aliphatic rings. The minimum absolute atomic E-state index is 0.295. The minimum Gasteiger partial charge on any atom is -0.486 e. The van der Waals surface area contributed by atoms with Crippen LogP contribution in [0.2, 0.25) is 0 Å². The molecule has 9 heteroatoms. The van der Waals surface area contributed by atoms with Crippen LogP contribution in [0.3, 0.4) is 0 Å². The van der Waals surface area contributed by atoms with Crippen LogP contribution in [0.25, 0.3) is 28.6 Å². The molecule has 0 fully saturated rings. The van der Waals surface area contributed by atoms with Crippen LogP contribution in [-0.2, 0) is 13.2 Å². The molecule has 0 aliphatic carbocycles. The Hall–Kier alpha value is -4.27. The predicted molar refractivity (Wildman–Crippen MR) is 115 cm³/mol. The fourth-order valence-corrected chi connectivity index (χ4v) is 3.98. The lowest BCUT2D eigenvalue weighted by molar-refractivity contribution is 0.290. The quantitative estimate of drug-likeness (QED) is 0.424. The van der Waals surface area contributed by atoms with Crippen molar-refractivity contribution in [2.75, 3.05) is 0 Å². The van der Waals surface area contributed by atoms with Gasteiger partial charge in [0.2, 0.25) is 11.7 Å². The van der Waals surface area contributed by atoms with Gasteiger partial charge in [-0.1, -0.05) is 35.0 Å². The van der Waals surface area contributed by atoms with E-state index >= 15 is 0 Å². The van der Waals surface area contributed by atoms with Crippen LogP contribution in [-0.4, -0.2) is 34.5 Å². The second kappa shape index (κ2) is 7.16. The van der Waals surface area contributed by atoms with Gasteiger partial charge in [-0.2, -0.15) is 4.98 Å². The SMILES string of the molecule is Cc1ccc2c(c1)-c1nnc(COc3ccccc3)n1Cc1c(-c3noc(C)n3)ncn1-2. The first-order chi connectivity index (χ1) is 15.7. The van der Waals surface area contributed by atoms with E-state index in [0.29, 0.717) is 30.6 Å². The molecule has 158 valence electrons. The first-order valence-corrected chi connectivity index (χ1v) is 10.3. The summed E-state index contributed by atoms with van der Waals surface area (Å²) >= 11 is 0. The van der Waals surface area contributed by atoms with E-state index in [-0.39, 0.29) is 0 Å². The molecule has 1 aliphatic heterocycles. The van der Waals surface area contributed by atoms with Crippen LogP contribution in [0.4, 0.5) is 0 Å². The van der Waals surface area contributed by atoms with Crippen molar-refractivity contribution in [2.45, 2.75) is 27.0 Å². The third-order valence-electron chi connectivity index (χ3n) is 5.50. The van der Waals surface area contributed by atoms with Gasteiger partial charge >= 0.3 is 0 Å². The fourth-order valence-electron chi connectivity index (χ4n) is 3.98. The lowest BCUT2D eigenvalue weighted by atomic mass is 10.1. The number of nitrogens with zero attached hydrogens (tertiary/aromatic N) is 7. The van der Waals surface area contributed by atoms with Crippen molar-refractivity contribution in [3.63, 3.8) is 0 Å². The van der Waals surface area contributed by atoms with Gasteiger partial charge in [0, 0.05) is 12.5 Å². The van der Waals surface area contributed by atoms with E-state index in [1.807, 2.05) is 30.3 Å². The largest absolute Gasteiger partial charge is 0.486 e. The van der Waals surface area contributed by atoms with E-state index < -0.39 is 0 Å². The molecule has 32 heavy (non-hydrogen) atoms. The van der Waals surface area contributed by atoms with Gasteiger partial charge in [-0.3, -0.25) is 4.57 Å². The highest BCUT2D eigenvalue weighted by atomic mass is 16.5. The topological polar surface area (TPSA) is 96.7 Å². The Morgan fingerprint density at radius 2 is 1.94 bits per heavy atom. The number of imidazole rings is 1. The van der Waals surface area contributed by atoms with E-state index in [1.54, 1.807) is 13.3 Å². The van der Waals surface area contributed by atoms with Crippen molar-refractivity contribution >= 4 is 0 Å². The molecule has 0 bridgehead atoms. The summed E-state index contributed by atoms with van der Waals surface area (Å²) in [7, 11) is 0. The Bertz CT molecular complexity index is 1430. The monoisotopic (exact) mass is 425 g/mol. The summed E-state index contributed by atoms with van der Waals surface area (Å²) in [6.07, 6.45) is 1.80. The molecule has 2 aromatic carbocycles. The van der Waals surface area contributed by atoms with Gasteiger partial charge in [0.15, 0.2) is 11.6 Å². The molecule has 0 spiro atoms. The Balaban J connectivity index is 1.49. The Labute approximate surface area is 183 Å². The lowest BCUT2D eigenvalue weighted by Gasteiger charge is -2.10. The molecule has 9 nitrogen and oxygen atoms in total.